The Morgan fingerprint density at radius 3 is 2.61 bits per heavy atom. The second-order valence-electron chi connectivity index (χ2n) is 6.19. The van der Waals surface area contributed by atoms with Gasteiger partial charge in [0.05, 0.1) is 18.8 Å². The fourth-order valence-corrected chi connectivity index (χ4v) is 2.07. The van der Waals surface area contributed by atoms with Gasteiger partial charge in [0.15, 0.2) is 0 Å². The van der Waals surface area contributed by atoms with E-state index in [0.717, 1.165) is 18.3 Å². The van der Waals surface area contributed by atoms with E-state index in [1.54, 1.807) is 6.26 Å². The molecule has 0 atom stereocenters. The van der Waals surface area contributed by atoms with E-state index in [4.69, 9.17) is 4.74 Å². The van der Waals surface area contributed by atoms with Crippen molar-refractivity contribution in [3.05, 3.63) is 34.9 Å². The molecule has 0 aliphatic heterocycles. The SMILES string of the molecule is CSC(=O)C#CC(C)(C)N(C)CCOCc1ccc(C)c(C)c1. The summed E-state index contributed by atoms with van der Waals surface area (Å²) < 4.78 is 5.77. The number of aryl methyl sites for hydroxylation is 2. The predicted octanol–water partition coefficient (Wildman–Crippen LogP) is 3.42. The van der Waals surface area contributed by atoms with Crippen molar-refractivity contribution in [3.8, 4) is 11.8 Å². The number of benzene rings is 1. The van der Waals surface area contributed by atoms with Gasteiger partial charge in [-0.05, 0) is 63.6 Å². The van der Waals surface area contributed by atoms with Crippen LogP contribution in [0.4, 0.5) is 0 Å². The first-order valence-electron chi connectivity index (χ1n) is 7.72. The average molecular weight is 333 g/mol. The Hall–Kier alpha value is -1.28. The number of ether oxygens (including phenoxy) is 1. The van der Waals surface area contributed by atoms with Crippen molar-refractivity contribution in [3.63, 3.8) is 0 Å². The van der Waals surface area contributed by atoms with Crippen molar-refractivity contribution in [2.45, 2.75) is 39.8 Å². The summed E-state index contributed by atoms with van der Waals surface area (Å²) in [4.78, 5) is 13.4. The van der Waals surface area contributed by atoms with Gasteiger partial charge in [-0.25, -0.2) is 0 Å². The van der Waals surface area contributed by atoms with Gasteiger partial charge in [-0.1, -0.05) is 35.9 Å². The number of nitrogens with zero attached hydrogens (tertiary/aromatic N) is 1. The highest BCUT2D eigenvalue weighted by molar-refractivity contribution is 8.13. The molecule has 4 heteroatoms. The monoisotopic (exact) mass is 333 g/mol. The summed E-state index contributed by atoms with van der Waals surface area (Å²) in [6.45, 7) is 10.3. The Balaban J connectivity index is 2.43. The molecule has 126 valence electrons. The quantitative estimate of drug-likeness (QED) is 0.589. The van der Waals surface area contributed by atoms with E-state index in [1.807, 2.05) is 20.9 Å². The van der Waals surface area contributed by atoms with Gasteiger partial charge >= 0.3 is 0 Å². The molecule has 0 spiro atoms. The van der Waals surface area contributed by atoms with Crippen LogP contribution >= 0.6 is 11.8 Å². The zero-order valence-electron chi connectivity index (χ0n) is 15.0. The molecule has 0 heterocycles. The minimum absolute atomic E-state index is 0.0996. The largest absolute Gasteiger partial charge is 0.375 e. The molecule has 0 fully saturated rings. The van der Waals surface area contributed by atoms with Crippen LogP contribution in [0, 0.1) is 25.7 Å². The maximum Gasteiger partial charge on any atom is 0.262 e. The number of carbonyl (C=O) groups excluding carboxylic acids is 1. The molecular weight excluding hydrogens is 306 g/mol. The topological polar surface area (TPSA) is 29.5 Å². The Kier molecular flexibility index (Phi) is 7.84. The van der Waals surface area contributed by atoms with Crippen molar-refractivity contribution in [1.29, 1.82) is 0 Å². The van der Waals surface area contributed by atoms with Gasteiger partial charge in [-0.2, -0.15) is 0 Å². The number of hydrogen-bond acceptors (Lipinski definition) is 4. The summed E-state index contributed by atoms with van der Waals surface area (Å²) in [5, 5.41) is -0.0996. The van der Waals surface area contributed by atoms with Crippen molar-refractivity contribution < 1.29 is 9.53 Å². The first kappa shape index (κ1) is 19.8. The van der Waals surface area contributed by atoms with E-state index in [-0.39, 0.29) is 10.7 Å². The van der Waals surface area contributed by atoms with Crippen LogP contribution < -0.4 is 0 Å². The van der Waals surface area contributed by atoms with E-state index in [9.17, 15) is 4.79 Å². The molecule has 23 heavy (non-hydrogen) atoms. The van der Waals surface area contributed by atoms with E-state index in [0.29, 0.717) is 13.2 Å². The second-order valence-corrected chi connectivity index (χ2v) is 6.97. The molecule has 1 rings (SSSR count). The van der Waals surface area contributed by atoms with Crippen LogP contribution in [0.15, 0.2) is 18.2 Å². The van der Waals surface area contributed by atoms with Crippen LogP contribution in [0.3, 0.4) is 0 Å². The highest BCUT2D eigenvalue weighted by Crippen LogP contribution is 2.12. The molecule has 0 saturated carbocycles. The molecule has 3 nitrogen and oxygen atoms in total. The zero-order valence-corrected chi connectivity index (χ0v) is 15.8. The van der Waals surface area contributed by atoms with Crippen LogP contribution in [0.1, 0.15) is 30.5 Å². The Labute approximate surface area is 144 Å². The van der Waals surface area contributed by atoms with Crippen molar-refractivity contribution >= 4 is 16.9 Å². The van der Waals surface area contributed by atoms with Crippen molar-refractivity contribution in [2.75, 3.05) is 26.5 Å². The summed E-state index contributed by atoms with van der Waals surface area (Å²) >= 11 is 1.14. The molecule has 0 unspecified atom stereocenters. The van der Waals surface area contributed by atoms with Crippen LogP contribution in [0.5, 0.6) is 0 Å². The van der Waals surface area contributed by atoms with Crippen LogP contribution in [0.2, 0.25) is 0 Å². The lowest BCUT2D eigenvalue weighted by Crippen LogP contribution is -2.41. The van der Waals surface area contributed by atoms with Gasteiger partial charge in [0.1, 0.15) is 0 Å². The van der Waals surface area contributed by atoms with Crippen molar-refractivity contribution in [2.24, 2.45) is 0 Å². The van der Waals surface area contributed by atoms with Gasteiger partial charge in [0.25, 0.3) is 5.12 Å². The molecule has 0 amide bonds. The van der Waals surface area contributed by atoms with Gasteiger partial charge in [-0.15, -0.1) is 0 Å². The van der Waals surface area contributed by atoms with E-state index >= 15 is 0 Å². The summed E-state index contributed by atoms with van der Waals surface area (Å²) in [7, 11) is 2.00. The maximum absolute atomic E-state index is 11.3. The third-order valence-electron chi connectivity index (χ3n) is 4.02. The normalized spacial score (nSPS) is 11.3. The fourth-order valence-electron chi connectivity index (χ4n) is 1.91. The second kappa shape index (κ2) is 9.12. The van der Waals surface area contributed by atoms with Gasteiger partial charge in [0, 0.05) is 6.54 Å². The lowest BCUT2D eigenvalue weighted by molar-refractivity contribution is -0.106. The first-order chi connectivity index (χ1) is 10.8. The molecule has 0 saturated heterocycles. The lowest BCUT2D eigenvalue weighted by atomic mass is 10.0. The zero-order chi connectivity index (χ0) is 17.5. The van der Waals surface area contributed by atoms with Crippen molar-refractivity contribution in [1.82, 2.24) is 4.90 Å². The summed E-state index contributed by atoms with van der Waals surface area (Å²) in [5.41, 5.74) is 3.43. The fraction of sp³-hybridized carbons (Fsp3) is 0.526. The molecule has 0 bridgehead atoms. The average Bonchev–Trinajstić information content (AvgIpc) is 2.52. The van der Waals surface area contributed by atoms with E-state index in [1.165, 1.54) is 16.7 Å². The molecule has 1 aromatic carbocycles. The summed E-state index contributed by atoms with van der Waals surface area (Å²) in [5.74, 6) is 5.70. The van der Waals surface area contributed by atoms with E-state index < -0.39 is 0 Å². The van der Waals surface area contributed by atoms with E-state index in [2.05, 4.69) is 48.8 Å². The van der Waals surface area contributed by atoms with Gasteiger partial charge < -0.3 is 4.74 Å². The van der Waals surface area contributed by atoms with Crippen LogP contribution in [-0.4, -0.2) is 42.0 Å². The molecule has 0 aliphatic rings. The smallest absolute Gasteiger partial charge is 0.262 e. The number of hydrogen-bond donors (Lipinski definition) is 0. The van der Waals surface area contributed by atoms with Gasteiger partial charge in [-0.3, -0.25) is 9.69 Å². The third-order valence-corrected chi connectivity index (χ3v) is 4.49. The molecule has 0 aromatic heterocycles. The molecule has 1 aromatic rings. The highest BCUT2D eigenvalue weighted by atomic mass is 32.2. The highest BCUT2D eigenvalue weighted by Gasteiger charge is 2.20. The maximum atomic E-state index is 11.3. The summed E-state index contributed by atoms with van der Waals surface area (Å²) in [6.07, 6.45) is 1.74. The lowest BCUT2D eigenvalue weighted by Gasteiger charge is -2.30. The minimum Gasteiger partial charge on any atom is -0.375 e. The Morgan fingerprint density at radius 1 is 1.30 bits per heavy atom. The van der Waals surface area contributed by atoms with Crippen LogP contribution in [-0.2, 0) is 16.1 Å². The number of rotatable bonds is 6. The third kappa shape index (κ3) is 6.78. The van der Waals surface area contributed by atoms with Gasteiger partial charge in [0.2, 0.25) is 0 Å². The van der Waals surface area contributed by atoms with Crippen LogP contribution in [0.25, 0.3) is 0 Å². The number of thioether (sulfide) groups is 1. The minimum atomic E-state index is -0.352. The Morgan fingerprint density at radius 2 is 2.00 bits per heavy atom. The predicted molar refractivity (Wildman–Crippen MR) is 98.6 cm³/mol. The summed E-state index contributed by atoms with van der Waals surface area (Å²) in [6, 6.07) is 6.40. The Bertz CT molecular complexity index is 599. The number of likely N-dealkylation sites (N-methyl/N-ethyl adjacent to an activating group) is 1. The molecule has 0 aliphatic carbocycles. The number of carbonyl (C=O) groups is 1. The standard InChI is InChI=1S/C19H27NO2S/c1-15-7-8-17(13-16(15)2)14-22-12-11-20(5)19(3,4)10-9-18(21)23-6/h7-8,13H,11-12,14H2,1-6H3. The molecular formula is C19H27NO2S. The first-order valence-corrected chi connectivity index (χ1v) is 8.95. The molecule has 0 N–H and O–H groups in total. The molecule has 0 radical (unpaired) electrons.